The van der Waals surface area contributed by atoms with Gasteiger partial charge in [0, 0.05) is 18.7 Å². The van der Waals surface area contributed by atoms with Crippen molar-refractivity contribution in [3.05, 3.63) is 35.9 Å². The van der Waals surface area contributed by atoms with E-state index in [4.69, 9.17) is 5.11 Å². The van der Waals surface area contributed by atoms with Crippen molar-refractivity contribution in [2.24, 2.45) is 0 Å². The maximum atomic E-state index is 11.6. The van der Waals surface area contributed by atoms with Gasteiger partial charge in [0.25, 0.3) is 0 Å². The highest BCUT2D eigenvalue weighted by atomic mass is 16.3. The van der Waals surface area contributed by atoms with E-state index in [2.05, 4.69) is 10.6 Å². The van der Waals surface area contributed by atoms with Gasteiger partial charge in [-0.05, 0) is 37.6 Å². The maximum absolute atomic E-state index is 11.6. The van der Waals surface area contributed by atoms with Gasteiger partial charge in [-0.25, -0.2) is 0 Å². The molecule has 0 bridgehead atoms. The van der Waals surface area contributed by atoms with Crippen molar-refractivity contribution < 1.29 is 14.7 Å². The summed E-state index contributed by atoms with van der Waals surface area (Å²) in [6, 6.07) is 7.12. The van der Waals surface area contributed by atoms with Crippen molar-refractivity contribution in [2.75, 3.05) is 11.9 Å². The molecule has 0 heterocycles. The molecule has 1 aromatic carbocycles. The summed E-state index contributed by atoms with van der Waals surface area (Å²) in [5.74, 6) is -0.395. The average Bonchev–Trinajstić information content (AvgIpc) is 2.37. The van der Waals surface area contributed by atoms with Crippen LogP contribution in [0, 0.1) is 0 Å². The number of nitrogens with one attached hydrogen (secondary N) is 2. The molecular weight excluding hydrogens is 256 g/mol. The molecule has 20 heavy (non-hydrogen) atoms. The Balaban J connectivity index is 2.62. The van der Waals surface area contributed by atoms with Crippen LogP contribution in [0.25, 0.3) is 6.08 Å². The highest BCUT2D eigenvalue weighted by Crippen LogP contribution is 2.10. The number of benzene rings is 1. The Labute approximate surface area is 118 Å². The Hall–Kier alpha value is -2.14. The summed E-state index contributed by atoms with van der Waals surface area (Å²) < 4.78 is 0. The molecule has 5 heteroatoms. The van der Waals surface area contributed by atoms with Crippen LogP contribution in [-0.2, 0) is 9.59 Å². The molecule has 1 aromatic rings. The number of hydrogen-bond acceptors (Lipinski definition) is 3. The first-order valence-corrected chi connectivity index (χ1v) is 6.31. The fourth-order valence-electron chi connectivity index (χ4n) is 1.47. The summed E-state index contributed by atoms with van der Waals surface area (Å²) in [5.41, 5.74) is 0.910. The van der Waals surface area contributed by atoms with E-state index in [0.717, 1.165) is 5.56 Å². The van der Waals surface area contributed by atoms with Crippen LogP contribution in [0.5, 0.6) is 0 Å². The topological polar surface area (TPSA) is 78.4 Å². The third kappa shape index (κ3) is 5.67. The first-order valence-electron chi connectivity index (χ1n) is 6.31. The minimum atomic E-state index is -0.642. The first kappa shape index (κ1) is 15.9. The van der Waals surface area contributed by atoms with E-state index in [1.165, 1.54) is 13.0 Å². The number of hydrogen-bond donors (Lipinski definition) is 3. The number of carbonyl (C=O) groups excluding carboxylic acids is 2. The molecule has 3 N–H and O–H groups in total. The highest BCUT2D eigenvalue weighted by Gasteiger charge is 2.17. The lowest BCUT2D eigenvalue weighted by Crippen LogP contribution is -2.45. The summed E-state index contributed by atoms with van der Waals surface area (Å²) in [6.07, 6.45) is 3.07. The fraction of sp³-hybridized carbons (Fsp3) is 0.333. The fourth-order valence-corrected chi connectivity index (χ4v) is 1.47. The molecule has 0 aliphatic heterocycles. The van der Waals surface area contributed by atoms with Gasteiger partial charge in [0.05, 0.1) is 12.1 Å². The molecule has 0 unspecified atom stereocenters. The Bertz CT molecular complexity index is 504. The molecule has 2 amide bonds. The molecule has 0 saturated carbocycles. The van der Waals surface area contributed by atoms with Gasteiger partial charge in [0.2, 0.25) is 11.8 Å². The van der Waals surface area contributed by atoms with Gasteiger partial charge in [0.1, 0.15) is 0 Å². The third-order valence-electron chi connectivity index (χ3n) is 2.52. The second kappa shape index (κ2) is 6.86. The van der Waals surface area contributed by atoms with Crippen molar-refractivity contribution in [2.45, 2.75) is 26.3 Å². The van der Waals surface area contributed by atoms with Crippen LogP contribution in [0.15, 0.2) is 30.3 Å². The molecule has 0 fully saturated rings. The Morgan fingerprint density at radius 2 is 1.85 bits per heavy atom. The number of amides is 2. The maximum Gasteiger partial charge on any atom is 0.244 e. The van der Waals surface area contributed by atoms with Crippen LogP contribution in [-0.4, -0.2) is 29.1 Å². The van der Waals surface area contributed by atoms with Crippen molar-refractivity contribution in [3.63, 3.8) is 0 Å². The minimum absolute atomic E-state index is 0.126. The van der Waals surface area contributed by atoms with E-state index >= 15 is 0 Å². The summed E-state index contributed by atoms with van der Waals surface area (Å²) >= 11 is 0. The third-order valence-corrected chi connectivity index (χ3v) is 2.52. The quantitative estimate of drug-likeness (QED) is 0.714. The molecule has 5 nitrogen and oxygen atoms in total. The van der Waals surface area contributed by atoms with Gasteiger partial charge in [-0.3, -0.25) is 9.59 Å². The number of anilines is 1. The van der Waals surface area contributed by atoms with E-state index in [1.807, 2.05) is 0 Å². The Morgan fingerprint density at radius 3 is 2.35 bits per heavy atom. The largest absolute Gasteiger partial charge is 0.394 e. The number of aliphatic hydroxyl groups is 1. The van der Waals surface area contributed by atoms with Gasteiger partial charge in [-0.15, -0.1) is 0 Å². The molecule has 0 radical (unpaired) electrons. The van der Waals surface area contributed by atoms with Gasteiger partial charge < -0.3 is 15.7 Å². The summed E-state index contributed by atoms with van der Waals surface area (Å²) in [7, 11) is 0. The summed E-state index contributed by atoms with van der Waals surface area (Å²) in [5, 5.41) is 14.4. The van der Waals surface area contributed by atoms with Crippen LogP contribution in [0.2, 0.25) is 0 Å². The molecular formula is C15H20N2O3. The molecule has 1 rings (SSSR count). The Morgan fingerprint density at radius 1 is 1.25 bits per heavy atom. The lowest BCUT2D eigenvalue weighted by molar-refractivity contribution is -0.118. The molecule has 0 spiro atoms. The molecule has 108 valence electrons. The number of rotatable bonds is 5. The van der Waals surface area contributed by atoms with Gasteiger partial charge in [-0.2, -0.15) is 0 Å². The molecule has 0 saturated heterocycles. The van der Waals surface area contributed by atoms with E-state index in [0.29, 0.717) is 5.69 Å². The zero-order chi connectivity index (χ0) is 15.2. The predicted octanol–water partition coefficient (Wildman–Crippen LogP) is 1.55. The van der Waals surface area contributed by atoms with Crippen LogP contribution >= 0.6 is 0 Å². The van der Waals surface area contributed by atoms with E-state index in [1.54, 1.807) is 44.2 Å². The normalized spacial score (nSPS) is 11.4. The zero-order valence-corrected chi connectivity index (χ0v) is 11.9. The van der Waals surface area contributed by atoms with E-state index < -0.39 is 5.54 Å². The van der Waals surface area contributed by atoms with Crippen LogP contribution in [0.1, 0.15) is 26.3 Å². The Kier molecular flexibility index (Phi) is 5.46. The number of aliphatic hydroxyl groups excluding tert-OH is 1. The molecule has 0 aliphatic rings. The second-order valence-corrected chi connectivity index (χ2v) is 5.17. The molecule has 0 aromatic heterocycles. The molecule has 0 atom stereocenters. The van der Waals surface area contributed by atoms with Crippen molar-refractivity contribution >= 4 is 23.6 Å². The second-order valence-electron chi connectivity index (χ2n) is 5.17. The summed E-state index contributed by atoms with van der Waals surface area (Å²) in [4.78, 5) is 22.5. The average molecular weight is 276 g/mol. The lowest BCUT2D eigenvalue weighted by Gasteiger charge is -2.22. The zero-order valence-electron chi connectivity index (χ0n) is 11.9. The van der Waals surface area contributed by atoms with Crippen LogP contribution in [0.4, 0.5) is 5.69 Å². The van der Waals surface area contributed by atoms with Crippen LogP contribution in [0.3, 0.4) is 0 Å². The predicted molar refractivity (Wildman–Crippen MR) is 79.1 cm³/mol. The van der Waals surface area contributed by atoms with Crippen LogP contribution < -0.4 is 10.6 Å². The summed E-state index contributed by atoms with van der Waals surface area (Å²) in [6.45, 7) is 4.79. The SMILES string of the molecule is CC(=O)Nc1ccc(/C=C/C(=O)NC(C)(C)CO)cc1. The van der Waals surface area contributed by atoms with Crippen molar-refractivity contribution in [3.8, 4) is 0 Å². The molecule has 0 aliphatic carbocycles. The van der Waals surface area contributed by atoms with Gasteiger partial charge in [-0.1, -0.05) is 12.1 Å². The minimum Gasteiger partial charge on any atom is -0.394 e. The highest BCUT2D eigenvalue weighted by molar-refractivity contribution is 5.92. The lowest BCUT2D eigenvalue weighted by atomic mass is 10.1. The smallest absolute Gasteiger partial charge is 0.244 e. The van der Waals surface area contributed by atoms with Crippen molar-refractivity contribution in [1.29, 1.82) is 0 Å². The van der Waals surface area contributed by atoms with Gasteiger partial charge >= 0.3 is 0 Å². The van der Waals surface area contributed by atoms with Crippen molar-refractivity contribution in [1.82, 2.24) is 5.32 Å². The first-order chi connectivity index (χ1) is 9.32. The van der Waals surface area contributed by atoms with E-state index in [-0.39, 0.29) is 18.4 Å². The standard InChI is InChI=1S/C15H20N2O3/c1-11(19)16-13-7-4-12(5-8-13)6-9-14(20)17-15(2,3)10-18/h4-9,18H,10H2,1-3H3,(H,16,19)(H,17,20)/b9-6+. The monoisotopic (exact) mass is 276 g/mol. The number of carbonyl (C=O) groups is 2. The van der Waals surface area contributed by atoms with Gasteiger partial charge in [0.15, 0.2) is 0 Å². The van der Waals surface area contributed by atoms with E-state index in [9.17, 15) is 9.59 Å².